The lowest BCUT2D eigenvalue weighted by Gasteiger charge is -2.03. The van der Waals surface area contributed by atoms with E-state index in [1.165, 1.54) is 19.2 Å². The summed E-state index contributed by atoms with van der Waals surface area (Å²) in [7, 11) is 1.34. The van der Waals surface area contributed by atoms with Crippen LogP contribution >= 0.6 is 0 Å². The molecule has 0 aliphatic rings. The van der Waals surface area contributed by atoms with Crippen molar-refractivity contribution in [2.45, 2.75) is 6.42 Å². The number of rotatable bonds is 3. The van der Waals surface area contributed by atoms with Gasteiger partial charge in [0, 0.05) is 0 Å². The van der Waals surface area contributed by atoms with E-state index in [0.717, 1.165) is 0 Å². The third-order valence-corrected chi connectivity index (χ3v) is 1.62. The quantitative estimate of drug-likeness (QED) is 0.481. The smallest absolute Gasteiger partial charge is 0.247 e. The minimum Gasteiger partial charge on any atom is -0.504 e. The summed E-state index contributed by atoms with van der Waals surface area (Å²) in [4.78, 5) is 15.4. The first-order valence-electron chi connectivity index (χ1n) is 3.96. The van der Waals surface area contributed by atoms with Crippen molar-refractivity contribution in [3.05, 3.63) is 23.8 Å². The average molecular weight is 197 g/mol. The van der Waals surface area contributed by atoms with E-state index in [-0.39, 0.29) is 23.8 Å². The fraction of sp³-hybridized carbons (Fsp3) is 0.222. The molecule has 0 atom stereocenters. The van der Waals surface area contributed by atoms with Gasteiger partial charge in [-0.15, -0.1) is 0 Å². The van der Waals surface area contributed by atoms with Crippen LogP contribution in [0.1, 0.15) is 5.56 Å². The van der Waals surface area contributed by atoms with Gasteiger partial charge in [-0.05, 0) is 17.7 Å². The van der Waals surface area contributed by atoms with E-state index >= 15 is 0 Å². The molecule has 0 aliphatic carbocycles. The molecule has 5 heteroatoms. The van der Waals surface area contributed by atoms with Crippen LogP contribution in [-0.2, 0) is 16.1 Å². The molecule has 14 heavy (non-hydrogen) atoms. The molecule has 0 heterocycles. The van der Waals surface area contributed by atoms with E-state index in [9.17, 15) is 4.79 Å². The lowest BCUT2D eigenvalue weighted by molar-refractivity contribution is -0.130. The maximum Gasteiger partial charge on any atom is 0.247 e. The van der Waals surface area contributed by atoms with E-state index < -0.39 is 0 Å². The summed E-state index contributed by atoms with van der Waals surface area (Å²) < 4.78 is 0. The minimum atomic E-state index is -0.322. The molecule has 0 bridgehead atoms. The Kier molecular flexibility index (Phi) is 3.30. The molecule has 5 nitrogen and oxygen atoms in total. The lowest BCUT2D eigenvalue weighted by Crippen LogP contribution is -2.23. The fourth-order valence-corrected chi connectivity index (χ4v) is 1.01. The molecule has 0 saturated carbocycles. The van der Waals surface area contributed by atoms with Crippen molar-refractivity contribution >= 4 is 5.91 Å². The zero-order valence-electron chi connectivity index (χ0n) is 7.65. The number of aromatic hydroxyl groups is 2. The average Bonchev–Trinajstić information content (AvgIpc) is 2.12. The first kappa shape index (κ1) is 10.3. The number of nitrogens with one attached hydrogen (secondary N) is 1. The molecule has 1 aromatic rings. The molecule has 3 N–H and O–H groups in total. The van der Waals surface area contributed by atoms with Crippen LogP contribution in [0.4, 0.5) is 0 Å². The summed E-state index contributed by atoms with van der Waals surface area (Å²) in [6.07, 6.45) is 0.0850. The Bertz CT molecular complexity index is 338. The Hall–Kier alpha value is -1.75. The third kappa shape index (κ3) is 2.63. The van der Waals surface area contributed by atoms with Gasteiger partial charge in [0.25, 0.3) is 0 Å². The van der Waals surface area contributed by atoms with Crippen LogP contribution in [0.25, 0.3) is 0 Å². The zero-order chi connectivity index (χ0) is 10.6. The maximum absolute atomic E-state index is 11.0. The van der Waals surface area contributed by atoms with Crippen molar-refractivity contribution < 1.29 is 19.8 Å². The first-order valence-corrected chi connectivity index (χ1v) is 3.96. The number of benzene rings is 1. The van der Waals surface area contributed by atoms with E-state index in [0.29, 0.717) is 5.56 Å². The topological polar surface area (TPSA) is 78.8 Å². The molecule has 0 radical (unpaired) electrons. The Morgan fingerprint density at radius 2 is 2.14 bits per heavy atom. The summed E-state index contributed by atoms with van der Waals surface area (Å²) in [6.45, 7) is 0. The molecule has 0 spiro atoms. The van der Waals surface area contributed by atoms with Crippen LogP contribution in [0.2, 0.25) is 0 Å². The van der Waals surface area contributed by atoms with E-state index in [4.69, 9.17) is 10.2 Å². The van der Waals surface area contributed by atoms with E-state index in [1.807, 2.05) is 0 Å². The number of hydrogen-bond acceptors (Lipinski definition) is 4. The highest BCUT2D eigenvalue weighted by molar-refractivity contribution is 5.77. The predicted molar refractivity (Wildman–Crippen MR) is 48.6 cm³/mol. The van der Waals surface area contributed by atoms with Crippen LogP contribution in [0.15, 0.2) is 18.2 Å². The zero-order valence-corrected chi connectivity index (χ0v) is 7.65. The van der Waals surface area contributed by atoms with Crippen molar-refractivity contribution in [2.75, 3.05) is 7.11 Å². The van der Waals surface area contributed by atoms with Crippen LogP contribution in [0, 0.1) is 0 Å². The van der Waals surface area contributed by atoms with Crippen LogP contribution < -0.4 is 5.48 Å². The van der Waals surface area contributed by atoms with Crippen molar-refractivity contribution in [1.82, 2.24) is 5.48 Å². The van der Waals surface area contributed by atoms with E-state index in [1.54, 1.807) is 6.07 Å². The second-order valence-electron chi connectivity index (χ2n) is 2.73. The van der Waals surface area contributed by atoms with Crippen molar-refractivity contribution in [2.24, 2.45) is 0 Å². The third-order valence-electron chi connectivity index (χ3n) is 1.62. The van der Waals surface area contributed by atoms with Crippen molar-refractivity contribution in [3.8, 4) is 11.5 Å². The number of hydroxylamine groups is 1. The molecule has 0 fully saturated rings. The molecule has 1 rings (SSSR count). The normalized spacial score (nSPS) is 9.79. The molecule has 1 aromatic carbocycles. The Labute approximate surface area is 80.9 Å². The molecule has 0 unspecified atom stereocenters. The summed E-state index contributed by atoms with van der Waals surface area (Å²) in [5.74, 6) is -0.772. The molecule has 76 valence electrons. The highest BCUT2D eigenvalue weighted by atomic mass is 16.6. The van der Waals surface area contributed by atoms with Gasteiger partial charge in [-0.2, -0.15) is 0 Å². The molecular weight excluding hydrogens is 186 g/mol. The van der Waals surface area contributed by atoms with Gasteiger partial charge in [-0.3, -0.25) is 9.63 Å². The summed E-state index contributed by atoms with van der Waals surface area (Å²) in [5.41, 5.74) is 2.74. The maximum atomic E-state index is 11.0. The van der Waals surface area contributed by atoms with Gasteiger partial charge < -0.3 is 10.2 Å². The van der Waals surface area contributed by atoms with Gasteiger partial charge in [0.2, 0.25) is 5.91 Å². The SMILES string of the molecule is CONC(=O)Cc1ccc(O)c(O)c1. The highest BCUT2D eigenvalue weighted by Crippen LogP contribution is 2.24. The van der Waals surface area contributed by atoms with Gasteiger partial charge >= 0.3 is 0 Å². The van der Waals surface area contributed by atoms with Gasteiger partial charge in [0.1, 0.15) is 0 Å². The van der Waals surface area contributed by atoms with Crippen molar-refractivity contribution in [3.63, 3.8) is 0 Å². The van der Waals surface area contributed by atoms with Gasteiger partial charge in [-0.25, -0.2) is 5.48 Å². The molecule has 1 amide bonds. The van der Waals surface area contributed by atoms with Crippen LogP contribution in [0.3, 0.4) is 0 Å². The predicted octanol–water partition coefficient (Wildman–Crippen LogP) is 0.318. The summed E-state index contributed by atoms with van der Waals surface area (Å²) >= 11 is 0. The Balaban J connectivity index is 2.68. The largest absolute Gasteiger partial charge is 0.504 e. The standard InChI is InChI=1S/C9H11NO4/c1-14-10-9(13)5-6-2-3-7(11)8(12)4-6/h2-4,11-12H,5H2,1H3,(H,10,13). The van der Waals surface area contributed by atoms with Crippen LogP contribution in [0.5, 0.6) is 11.5 Å². The van der Waals surface area contributed by atoms with E-state index in [2.05, 4.69) is 10.3 Å². The highest BCUT2D eigenvalue weighted by Gasteiger charge is 2.05. The number of carbonyl (C=O) groups excluding carboxylic acids is 1. The number of phenolic OH excluding ortho intramolecular Hbond substituents is 2. The Morgan fingerprint density at radius 3 is 2.71 bits per heavy atom. The van der Waals surface area contributed by atoms with Gasteiger partial charge in [0.05, 0.1) is 13.5 Å². The number of amides is 1. The number of hydrogen-bond donors (Lipinski definition) is 3. The Morgan fingerprint density at radius 1 is 1.43 bits per heavy atom. The second kappa shape index (κ2) is 4.48. The van der Waals surface area contributed by atoms with Gasteiger partial charge in [0.15, 0.2) is 11.5 Å². The van der Waals surface area contributed by atoms with Crippen molar-refractivity contribution in [1.29, 1.82) is 0 Å². The molecule has 0 aromatic heterocycles. The van der Waals surface area contributed by atoms with Gasteiger partial charge in [-0.1, -0.05) is 6.07 Å². The van der Waals surface area contributed by atoms with Crippen LogP contribution in [-0.4, -0.2) is 23.2 Å². The molecule has 0 saturated heterocycles. The minimum absolute atomic E-state index is 0.0850. The first-order chi connectivity index (χ1) is 6.63. The monoisotopic (exact) mass is 197 g/mol. The molecule has 0 aliphatic heterocycles. The number of carbonyl (C=O) groups is 1. The summed E-state index contributed by atoms with van der Waals surface area (Å²) in [6, 6.07) is 4.19. The summed E-state index contributed by atoms with van der Waals surface area (Å²) in [5, 5.41) is 18.1. The molecular formula is C9H11NO4. The number of phenols is 2. The second-order valence-corrected chi connectivity index (χ2v) is 2.73. The lowest BCUT2D eigenvalue weighted by atomic mass is 10.1. The fourth-order valence-electron chi connectivity index (χ4n) is 1.01.